The fourth-order valence-electron chi connectivity index (χ4n) is 2.73. The first kappa shape index (κ1) is 9.81. The van der Waals surface area contributed by atoms with Gasteiger partial charge in [-0.05, 0) is 12.8 Å². The largest absolute Gasteiger partial charge is 0.336 e. The van der Waals surface area contributed by atoms with Gasteiger partial charge in [0.25, 0.3) is 5.56 Å². The van der Waals surface area contributed by atoms with Crippen LogP contribution in [0.25, 0.3) is 16.9 Å². The normalized spacial score (nSPS) is 17.1. The molecule has 1 saturated carbocycles. The van der Waals surface area contributed by atoms with E-state index in [1.807, 2.05) is 0 Å². The molecule has 0 amide bonds. The SMILES string of the molecule is O=c1[nH]c2ncnn2c2nc(C3CCCC3)[nH]c12. The van der Waals surface area contributed by atoms with Crippen LogP contribution in [0.3, 0.4) is 0 Å². The Bertz CT molecular complexity index is 776. The van der Waals surface area contributed by atoms with E-state index in [0.717, 1.165) is 18.7 Å². The van der Waals surface area contributed by atoms with Gasteiger partial charge in [0.05, 0.1) is 0 Å². The van der Waals surface area contributed by atoms with Gasteiger partial charge in [0.1, 0.15) is 12.2 Å². The van der Waals surface area contributed by atoms with Crippen LogP contribution in [-0.4, -0.2) is 29.5 Å². The fourth-order valence-corrected chi connectivity index (χ4v) is 2.73. The van der Waals surface area contributed by atoms with Crippen LogP contribution < -0.4 is 5.56 Å². The van der Waals surface area contributed by atoms with Gasteiger partial charge in [-0.3, -0.25) is 9.78 Å². The quantitative estimate of drug-likeness (QED) is 0.666. The van der Waals surface area contributed by atoms with Crippen LogP contribution in [0.4, 0.5) is 0 Å². The highest BCUT2D eigenvalue weighted by atomic mass is 16.1. The highest BCUT2D eigenvalue weighted by Crippen LogP contribution is 2.32. The first-order chi connectivity index (χ1) is 8.83. The second kappa shape index (κ2) is 3.41. The molecular weight excluding hydrogens is 232 g/mol. The number of nitrogens with zero attached hydrogens (tertiary/aromatic N) is 4. The number of rotatable bonds is 1. The maximum absolute atomic E-state index is 11.9. The average Bonchev–Trinajstić information content (AvgIpc) is 3.08. The number of hydrogen-bond donors (Lipinski definition) is 2. The summed E-state index contributed by atoms with van der Waals surface area (Å²) in [6, 6.07) is 0. The molecule has 7 heteroatoms. The molecule has 92 valence electrons. The third kappa shape index (κ3) is 1.24. The molecule has 0 aromatic carbocycles. The molecule has 1 aliphatic carbocycles. The number of nitrogens with one attached hydrogen (secondary N) is 2. The number of H-pyrrole nitrogens is 2. The zero-order valence-corrected chi connectivity index (χ0v) is 9.68. The minimum absolute atomic E-state index is 0.192. The number of fused-ring (bicyclic) bond motifs is 3. The third-order valence-electron chi connectivity index (χ3n) is 3.65. The third-order valence-corrected chi connectivity index (χ3v) is 3.65. The lowest BCUT2D eigenvalue weighted by Gasteiger charge is -2.02. The van der Waals surface area contributed by atoms with E-state index in [4.69, 9.17) is 0 Å². The van der Waals surface area contributed by atoms with Gasteiger partial charge >= 0.3 is 0 Å². The van der Waals surface area contributed by atoms with Crippen LogP contribution in [0.2, 0.25) is 0 Å². The first-order valence-electron chi connectivity index (χ1n) is 6.14. The van der Waals surface area contributed by atoms with Crippen LogP contribution in [0, 0.1) is 0 Å². The lowest BCUT2D eigenvalue weighted by molar-refractivity contribution is 0.680. The molecule has 1 aliphatic rings. The van der Waals surface area contributed by atoms with E-state index < -0.39 is 0 Å². The van der Waals surface area contributed by atoms with Crippen molar-refractivity contribution >= 4 is 16.9 Å². The monoisotopic (exact) mass is 244 g/mol. The number of imidazole rings is 1. The van der Waals surface area contributed by atoms with Gasteiger partial charge in [-0.2, -0.15) is 14.6 Å². The van der Waals surface area contributed by atoms with E-state index in [9.17, 15) is 4.79 Å². The number of hydrogen-bond acceptors (Lipinski definition) is 4. The van der Waals surface area contributed by atoms with Crippen molar-refractivity contribution in [3.05, 3.63) is 22.5 Å². The molecule has 3 aromatic rings. The molecular formula is C11H12N6O. The van der Waals surface area contributed by atoms with Gasteiger partial charge in [-0.25, -0.2) is 4.98 Å². The Morgan fingerprint density at radius 3 is 2.94 bits per heavy atom. The first-order valence-corrected chi connectivity index (χ1v) is 6.14. The Hall–Kier alpha value is -2.18. The molecule has 2 N–H and O–H groups in total. The van der Waals surface area contributed by atoms with Gasteiger partial charge in [0.2, 0.25) is 5.78 Å². The van der Waals surface area contributed by atoms with Crippen LogP contribution >= 0.6 is 0 Å². The van der Waals surface area contributed by atoms with E-state index in [1.54, 1.807) is 4.52 Å². The van der Waals surface area contributed by atoms with Crippen molar-refractivity contribution in [1.82, 2.24) is 29.5 Å². The Balaban J connectivity index is 2.03. The summed E-state index contributed by atoms with van der Waals surface area (Å²) in [7, 11) is 0. The molecule has 0 radical (unpaired) electrons. The van der Waals surface area contributed by atoms with Crippen LogP contribution in [0.15, 0.2) is 11.1 Å². The average molecular weight is 244 g/mol. The van der Waals surface area contributed by atoms with Crippen LogP contribution in [-0.2, 0) is 0 Å². The Morgan fingerprint density at radius 1 is 1.28 bits per heavy atom. The van der Waals surface area contributed by atoms with Crippen molar-refractivity contribution in [1.29, 1.82) is 0 Å². The predicted molar refractivity (Wildman–Crippen MR) is 64.5 cm³/mol. The summed E-state index contributed by atoms with van der Waals surface area (Å²) in [6.45, 7) is 0. The Labute approximate surface area is 101 Å². The molecule has 3 heterocycles. The van der Waals surface area contributed by atoms with E-state index >= 15 is 0 Å². The van der Waals surface area contributed by atoms with Gasteiger partial charge in [0, 0.05) is 5.92 Å². The summed E-state index contributed by atoms with van der Waals surface area (Å²) in [5.41, 5.74) is 0.852. The molecule has 4 rings (SSSR count). The van der Waals surface area contributed by atoms with Crippen molar-refractivity contribution in [3.8, 4) is 0 Å². The summed E-state index contributed by atoms with van der Waals surface area (Å²) in [6.07, 6.45) is 6.15. The Kier molecular flexibility index (Phi) is 1.86. The van der Waals surface area contributed by atoms with Gasteiger partial charge in [-0.15, -0.1) is 0 Å². The minimum atomic E-state index is -0.192. The van der Waals surface area contributed by atoms with Crippen LogP contribution in [0.1, 0.15) is 37.4 Å². The second-order valence-electron chi connectivity index (χ2n) is 4.75. The summed E-state index contributed by atoms with van der Waals surface area (Å²) in [5.74, 6) is 1.77. The molecule has 7 nitrogen and oxygen atoms in total. The standard InChI is InChI=1S/C11H12N6O/c18-10-7-9(17-11(16-10)12-5-13-17)15-8(14-7)6-3-1-2-4-6/h5-6H,1-4H2,(H,14,15)(H,12,13,16,18). The number of aromatic nitrogens is 6. The lowest BCUT2D eigenvalue weighted by Crippen LogP contribution is -2.10. The van der Waals surface area contributed by atoms with Crippen molar-refractivity contribution < 1.29 is 0 Å². The molecule has 0 unspecified atom stereocenters. The van der Waals surface area contributed by atoms with E-state index in [1.165, 1.54) is 19.2 Å². The molecule has 0 spiro atoms. The lowest BCUT2D eigenvalue weighted by atomic mass is 10.1. The maximum Gasteiger partial charge on any atom is 0.278 e. The fraction of sp³-hybridized carbons (Fsp3) is 0.455. The molecule has 0 saturated heterocycles. The second-order valence-corrected chi connectivity index (χ2v) is 4.75. The summed E-state index contributed by atoms with van der Waals surface area (Å²) in [5, 5.41) is 4.08. The van der Waals surface area contributed by atoms with Crippen LogP contribution in [0.5, 0.6) is 0 Å². The maximum atomic E-state index is 11.9. The van der Waals surface area contributed by atoms with E-state index in [0.29, 0.717) is 22.9 Å². The Morgan fingerprint density at radius 2 is 2.11 bits per heavy atom. The summed E-state index contributed by atoms with van der Waals surface area (Å²) < 4.78 is 1.56. The predicted octanol–water partition coefficient (Wildman–Crippen LogP) is 0.951. The minimum Gasteiger partial charge on any atom is -0.336 e. The van der Waals surface area contributed by atoms with Crippen molar-refractivity contribution in [2.45, 2.75) is 31.6 Å². The van der Waals surface area contributed by atoms with Gasteiger partial charge in [-0.1, -0.05) is 12.8 Å². The van der Waals surface area contributed by atoms with Gasteiger partial charge in [0.15, 0.2) is 11.2 Å². The van der Waals surface area contributed by atoms with E-state index in [-0.39, 0.29) is 5.56 Å². The molecule has 1 fully saturated rings. The summed E-state index contributed by atoms with van der Waals surface area (Å²) in [4.78, 5) is 26.3. The highest BCUT2D eigenvalue weighted by Gasteiger charge is 2.22. The highest BCUT2D eigenvalue weighted by molar-refractivity contribution is 5.71. The van der Waals surface area contributed by atoms with Crippen molar-refractivity contribution in [3.63, 3.8) is 0 Å². The zero-order chi connectivity index (χ0) is 12.1. The molecule has 18 heavy (non-hydrogen) atoms. The van der Waals surface area contributed by atoms with E-state index in [2.05, 4.69) is 25.0 Å². The molecule has 3 aromatic heterocycles. The molecule has 0 bridgehead atoms. The molecule has 0 atom stereocenters. The van der Waals surface area contributed by atoms with Crippen molar-refractivity contribution in [2.75, 3.05) is 0 Å². The topological polar surface area (TPSA) is 91.7 Å². The smallest absolute Gasteiger partial charge is 0.278 e. The van der Waals surface area contributed by atoms with Crippen molar-refractivity contribution in [2.24, 2.45) is 0 Å². The summed E-state index contributed by atoms with van der Waals surface area (Å²) >= 11 is 0. The molecule has 0 aliphatic heterocycles. The number of aromatic amines is 2. The zero-order valence-electron chi connectivity index (χ0n) is 9.68. The van der Waals surface area contributed by atoms with Gasteiger partial charge < -0.3 is 4.98 Å².